The van der Waals surface area contributed by atoms with Crippen LogP contribution in [-0.2, 0) is 10.8 Å². The van der Waals surface area contributed by atoms with Gasteiger partial charge in [0, 0.05) is 33.9 Å². The maximum atomic E-state index is 2.70. The summed E-state index contributed by atoms with van der Waals surface area (Å²) in [7, 11) is 0. The summed E-state index contributed by atoms with van der Waals surface area (Å²) in [5, 5.41) is 0. The molecule has 12 rings (SSSR count). The van der Waals surface area contributed by atoms with Crippen molar-refractivity contribution in [1.29, 1.82) is 0 Å². The molecule has 0 saturated heterocycles. The summed E-state index contributed by atoms with van der Waals surface area (Å²) in [5.74, 6) is 3.34. The molecule has 4 fully saturated rings. The number of hydrogen-bond acceptors (Lipinski definition) is 2. The molecule has 4 saturated carbocycles. The van der Waals surface area contributed by atoms with Gasteiger partial charge in [0.2, 0.25) is 0 Å². The molecule has 0 atom stereocenters. The standard InChI is InChI=1S/C44H41BN2/c1-43(2,3)29-19-20-38-36(26-29)45-35-15-9-14-34-42(35)47(40-18-10-17-39(41(40)45)46(38)32-11-5-4-6-12-32)37-16-8-7-13-33(37)44(34)30-22-27-21-28(24-30)25-31(44)23-27/h4-20,26-28,30-31H,21-25H2,1-3H3. The van der Waals surface area contributed by atoms with Crippen LogP contribution in [0.2, 0.25) is 0 Å². The van der Waals surface area contributed by atoms with E-state index < -0.39 is 0 Å². The summed E-state index contributed by atoms with van der Waals surface area (Å²) in [6.07, 6.45) is 7.09. The fourth-order valence-corrected chi connectivity index (χ4v) is 11.9. The van der Waals surface area contributed by atoms with Crippen LogP contribution in [0.4, 0.5) is 34.1 Å². The van der Waals surface area contributed by atoms with Crippen LogP contribution < -0.4 is 26.2 Å². The van der Waals surface area contributed by atoms with Crippen molar-refractivity contribution in [3.8, 4) is 0 Å². The van der Waals surface area contributed by atoms with Crippen molar-refractivity contribution in [1.82, 2.24) is 0 Å². The number of para-hydroxylation sites is 3. The predicted octanol–water partition coefficient (Wildman–Crippen LogP) is 9.12. The minimum Gasteiger partial charge on any atom is -0.311 e. The minimum atomic E-state index is 0.0621. The van der Waals surface area contributed by atoms with Crippen LogP contribution in [0.15, 0.2) is 109 Å². The first-order chi connectivity index (χ1) is 22.9. The molecule has 4 bridgehead atoms. The number of rotatable bonds is 1. The first-order valence-corrected chi connectivity index (χ1v) is 18.1. The number of benzene rings is 5. The van der Waals surface area contributed by atoms with E-state index in [9.17, 15) is 0 Å². The van der Waals surface area contributed by atoms with Crippen molar-refractivity contribution >= 4 is 57.2 Å². The van der Waals surface area contributed by atoms with E-state index in [2.05, 4.69) is 140 Å². The van der Waals surface area contributed by atoms with E-state index in [1.807, 2.05) is 0 Å². The fourth-order valence-electron chi connectivity index (χ4n) is 11.9. The smallest absolute Gasteiger partial charge is 0.252 e. The highest BCUT2D eigenvalue weighted by Gasteiger charge is 2.62. The zero-order valence-corrected chi connectivity index (χ0v) is 27.7. The molecule has 230 valence electrons. The lowest BCUT2D eigenvalue weighted by atomic mass is 9.32. The second-order valence-electron chi connectivity index (χ2n) is 16.6. The zero-order chi connectivity index (χ0) is 31.2. The third kappa shape index (κ3) is 3.29. The van der Waals surface area contributed by atoms with Gasteiger partial charge in [0.15, 0.2) is 0 Å². The summed E-state index contributed by atoms with van der Waals surface area (Å²) in [4.78, 5) is 5.23. The third-order valence-corrected chi connectivity index (χ3v) is 13.4. The highest BCUT2D eigenvalue weighted by atomic mass is 15.2. The van der Waals surface area contributed by atoms with E-state index in [1.54, 1.807) is 11.1 Å². The minimum absolute atomic E-state index is 0.0621. The van der Waals surface area contributed by atoms with E-state index in [0.29, 0.717) is 0 Å². The summed E-state index contributed by atoms with van der Waals surface area (Å²) in [5.41, 5.74) is 17.3. The first-order valence-electron chi connectivity index (χ1n) is 18.1. The van der Waals surface area contributed by atoms with E-state index in [1.165, 1.54) is 88.2 Å². The van der Waals surface area contributed by atoms with Crippen LogP contribution in [-0.4, -0.2) is 6.71 Å². The number of nitrogens with zero attached hydrogens (tertiary/aromatic N) is 2. The first kappa shape index (κ1) is 26.8. The molecule has 0 unspecified atom stereocenters. The van der Waals surface area contributed by atoms with Crippen LogP contribution in [0.1, 0.15) is 69.6 Å². The highest BCUT2D eigenvalue weighted by Crippen LogP contribution is 2.69. The summed E-state index contributed by atoms with van der Waals surface area (Å²) < 4.78 is 0. The van der Waals surface area contributed by atoms with Crippen molar-refractivity contribution in [2.45, 2.75) is 63.7 Å². The average molecular weight is 609 g/mol. The maximum absolute atomic E-state index is 2.70. The van der Waals surface area contributed by atoms with Crippen LogP contribution in [0.25, 0.3) is 0 Å². The number of anilines is 6. The average Bonchev–Trinajstić information content (AvgIpc) is 3.08. The molecule has 1 spiro atoms. The molecular weight excluding hydrogens is 567 g/mol. The monoisotopic (exact) mass is 608 g/mol. The van der Waals surface area contributed by atoms with E-state index in [4.69, 9.17) is 0 Å². The Bertz CT molecular complexity index is 2100. The van der Waals surface area contributed by atoms with Crippen LogP contribution >= 0.6 is 0 Å². The molecule has 3 heteroatoms. The van der Waals surface area contributed by atoms with E-state index >= 15 is 0 Å². The van der Waals surface area contributed by atoms with Crippen LogP contribution in [0, 0.1) is 23.7 Å². The molecule has 5 aromatic carbocycles. The van der Waals surface area contributed by atoms with Crippen LogP contribution in [0.3, 0.4) is 0 Å². The number of fused-ring (bicyclic) bond motifs is 6. The van der Waals surface area contributed by atoms with Crippen molar-refractivity contribution in [3.63, 3.8) is 0 Å². The van der Waals surface area contributed by atoms with Gasteiger partial charge in [-0.1, -0.05) is 93.6 Å². The Balaban J connectivity index is 1.24. The zero-order valence-electron chi connectivity index (χ0n) is 27.7. The molecule has 4 aliphatic carbocycles. The van der Waals surface area contributed by atoms with E-state index in [0.717, 1.165) is 23.7 Å². The molecule has 3 aliphatic heterocycles. The van der Waals surface area contributed by atoms with Gasteiger partial charge in [-0.3, -0.25) is 0 Å². The summed E-state index contributed by atoms with van der Waals surface area (Å²) in [6.45, 7) is 7.24. The lowest BCUT2D eigenvalue weighted by Crippen LogP contribution is -2.64. The van der Waals surface area contributed by atoms with Gasteiger partial charge in [-0.05, 0) is 131 Å². The molecule has 0 amide bonds. The third-order valence-electron chi connectivity index (χ3n) is 13.4. The molecular formula is C44H41BN2. The van der Waals surface area contributed by atoms with Crippen molar-refractivity contribution in [2.24, 2.45) is 23.7 Å². The normalized spacial score (nSPS) is 27.0. The Morgan fingerprint density at radius 3 is 1.96 bits per heavy atom. The van der Waals surface area contributed by atoms with Gasteiger partial charge in [-0.15, -0.1) is 0 Å². The van der Waals surface area contributed by atoms with Crippen molar-refractivity contribution in [2.75, 3.05) is 9.80 Å². The Morgan fingerprint density at radius 2 is 1.21 bits per heavy atom. The Kier molecular flexibility index (Phi) is 5.14. The molecule has 0 radical (unpaired) electrons. The molecule has 2 nitrogen and oxygen atoms in total. The Hall–Kier alpha value is -4.24. The van der Waals surface area contributed by atoms with Crippen molar-refractivity contribution in [3.05, 3.63) is 126 Å². The molecule has 7 aliphatic rings. The Labute approximate surface area is 279 Å². The molecule has 3 heterocycles. The lowest BCUT2D eigenvalue weighted by molar-refractivity contribution is -0.0419. The molecule has 5 aromatic rings. The maximum Gasteiger partial charge on any atom is 0.252 e. The van der Waals surface area contributed by atoms with Gasteiger partial charge in [0.25, 0.3) is 6.71 Å². The quantitative estimate of drug-likeness (QED) is 0.172. The molecule has 0 N–H and O–H groups in total. The van der Waals surface area contributed by atoms with Gasteiger partial charge in [0.1, 0.15) is 0 Å². The highest BCUT2D eigenvalue weighted by molar-refractivity contribution is 7.00. The summed E-state index contributed by atoms with van der Waals surface area (Å²) in [6, 6.07) is 42.5. The second-order valence-corrected chi connectivity index (χ2v) is 16.6. The van der Waals surface area contributed by atoms with Crippen LogP contribution in [0.5, 0.6) is 0 Å². The van der Waals surface area contributed by atoms with Gasteiger partial charge in [-0.25, -0.2) is 0 Å². The number of hydrogen-bond donors (Lipinski definition) is 0. The predicted molar refractivity (Wildman–Crippen MR) is 197 cm³/mol. The molecule has 0 aromatic heterocycles. The topological polar surface area (TPSA) is 6.48 Å². The summed E-state index contributed by atoms with van der Waals surface area (Å²) >= 11 is 0. The second kappa shape index (κ2) is 9.01. The largest absolute Gasteiger partial charge is 0.311 e. The van der Waals surface area contributed by atoms with Gasteiger partial charge in [0.05, 0.1) is 5.69 Å². The van der Waals surface area contributed by atoms with Gasteiger partial charge >= 0.3 is 0 Å². The molecule has 47 heavy (non-hydrogen) atoms. The Morgan fingerprint density at radius 1 is 0.574 bits per heavy atom. The fraction of sp³-hybridized carbons (Fsp3) is 0.318. The van der Waals surface area contributed by atoms with Crippen molar-refractivity contribution < 1.29 is 0 Å². The SMILES string of the molecule is CC(C)(C)c1ccc2c(c1)B1c3cccc4c3N(c3ccccc3C43C4CC5CC(C4)CC3C5)c3cccc(c31)N2c1ccccc1. The van der Waals surface area contributed by atoms with Gasteiger partial charge in [-0.2, -0.15) is 0 Å². The lowest BCUT2D eigenvalue weighted by Gasteiger charge is -2.64. The van der Waals surface area contributed by atoms with Gasteiger partial charge < -0.3 is 9.80 Å². The van der Waals surface area contributed by atoms with E-state index in [-0.39, 0.29) is 17.5 Å².